The topological polar surface area (TPSA) is 115 Å². The molecule has 1 saturated carbocycles. The van der Waals surface area contributed by atoms with Gasteiger partial charge in [-0.15, -0.1) is 0 Å². The number of halogens is 4. The Kier molecular flexibility index (Phi) is 12.3. The van der Waals surface area contributed by atoms with Crippen molar-refractivity contribution in [2.75, 3.05) is 19.7 Å². The molecular weight excluding hydrogens is 790 g/mol. The monoisotopic (exact) mass is 834 g/mol. The predicted octanol–water partition coefficient (Wildman–Crippen LogP) is 9.87. The van der Waals surface area contributed by atoms with Crippen LogP contribution in [0.3, 0.4) is 0 Å². The molecule has 2 aliphatic heterocycles. The Morgan fingerprint density at radius 2 is 1.53 bits per heavy atom. The first kappa shape index (κ1) is 41.0. The summed E-state index contributed by atoms with van der Waals surface area (Å²) in [4.78, 5) is 52.6. The van der Waals surface area contributed by atoms with Crippen molar-refractivity contribution in [1.29, 1.82) is 0 Å². The number of carbonyl (C=O) groups is 3. The Morgan fingerprint density at radius 1 is 0.891 bits per heavy atom. The van der Waals surface area contributed by atoms with Crippen molar-refractivity contribution in [2.24, 2.45) is 0 Å². The minimum absolute atomic E-state index is 0.0127. The quantitative estimate of drug-likeness (QED) is 0.186. The normalized spacial score (nSPS) is 18.7. The van der Waals surface area contributed by atoms with E-state index in [9.17, 15) is 9.59 Å². The number of piperazine rings is 1. The number of fused-ring (bicyclic) bond motifs is 2. The number of aryl methyl sites for hydroxylation is 1. The number of aromatic nitrogens is 1. The molecule has 1 saturated heterocycles. The third-order valence-electron chi connectivity index (χ3n) is 9.31. The highest BCUT2D eigenvalue weighted by atomic mass is 35.5. The maximum atomic E-state index is 15.2. The van der Waals surface area contributed by atoms with E-state index in [4.69, 9.17) is 70.0 Å². The van der Waals surface area contributed by atoms with E-state index in [-0.39, 0.29) is 43.9 Å². The molecule has 3 amide bonds. The second-order valence-electron chi connectivity index (χ2n) is 16.1. The fourth-order valence-electron chi connectivity index (χ4n) is 6.82. The third kappa shape index (κ3) is 9.85. The second kappa shape index (κ2) is 16.5. The highest BCUT2D eigenvalue weighted by molar-refractivity contribution is 6.42. The van der Waals surface area contributed by atoms with E-state index in [0.717, 1.165) is 12.8 Å². The molecule has 2 bridgehead atoms. The largest absolute Gasteiger partial charge is 0.490 e. The van der Waals surface area contributed by atoms with Crippen LogP contribution >= 0.6 is 46.4 Å². The van der Waals surface area contributed by atoms with E-state index in [1.165, 1.54) is 0 Å². The summed E-state index contributed by atoms with van der Waals surface area (Å²) in [6.07, 6.45) is 3.29. The Hall–Kier alpha value is -3.64. The first-order chi connectivity index (χ1) is 25.9. The zero-order valence-corrected chi connectivity index (χ0v) is 34.8. The Balaban J connectivity index is 1.37. The molecule has 1 unspecified atom stereocenters. The lowest BCUT2D eigenvalue weighted by molar-refractivity contribution is -0.129. The van der Waals surface area contributed by atoms with Crippen LogP contribution < -0.4 is 4.74 Å². The zero-order chi connectivity index (χ0) is 39.8. The van der Waals surface area contributed by atoms with Gasteiger partial charge in [0.1, 0.15) is 17.5 Å². The average Bonchev–Trinajstić information content (AvgIpc) is 3.82. The van der Waals surface area contributed by atoms with E-state index in [1.54, 1.807) is 92.8 Å². The van der Waals surface area contributed by atoms with Crippen molar-refractivity contribution in [3.05, 3.63) is 85.5 Å². The van der Waals surface area contributed by atoms with Crippen LogP contribution in [0.25, 0.3) is 5.57 Å². The van der Waals surface area contributed by atoms with Crippen LogP contribution in [-0.4, -0.2) is 86.8 Å². The van der Waals surface area contributed by atoms with Gasteiger partial charge in [-0.25, -0.2) is 14.6 Å². The van der Waals surface area contributed by atoms with E-state index in [2.05, 4.69) is 0 Å². The van der Waals surface area contributed by atoms with Crippen LogP contribution in [0.15, 0.2) is 52.7 Å². The van der Waals surface area contributed by atoms with Gasteiger partial charge in [-0.2, -0.15) is 0 Å². The Bertz CT molecular complexity index is 1950. The van der Waals surface area contributed by atoms with Gasteiger partial charge < -0.3 is 28.4 Å². The lowest BCUT2D eigenvalue weighted by Crippen LogP contribution is -2.66. The van der Waals surface area contributed by atoms with E-state index >= 15 is 4.79 Å². The molecule has 1 aliphatic carbocycles. The van der Waals surface area contributed by atoms with Gasteiger partial charge in [-0.05, 0) is 91.0 Å². The van der Waals surface area contributed by atoms with E-state index in [0.29, 0.717) is 67.7 Å². The molecule has 15 heteroatoms. The summed E-state index contributed by atoms with van der Waals surface area (Å²) in [5, 5.41) is 1.59. The average molecular weight is 837 g/mol. The number of hydrogen-bond donors (Lipinski definition) is 0. The van der Waals surface area contributed by atoms with Gasteiger partial charge in [0, 0.05) is 37.7 Å². The number of carbonyl (C=O) groups excluding carboxylic acids is 3. The molecule has 1 aromatic heterocycles. The van der Waals surface area contributed by atoms with Crippen molar-refractivity contribution in [3.8, 4) is 5.75 Å². The minimum atomic E-state index is -0.905. The van der Waals surface area contributed by atoms with Crippen molar-refractivity contribution in [1.82, 2.24) is 19.7 Å². The molecule has 55 heavy (non-hydrogen) atoms. The summed E-state index contributed by atoms with van der Waals surface area (Å²) in [5.41, 5.74) is 0.635. The molecule has 3 aromatic rings. The van der Waals surface area contributed by atoms with Gasteiger partial charge in [-0.3, -0.25) is 9.69 Å². The molecule has 0 spiro atoms. The fraction of sp³-hybridized carbons (Fsp3) is 0.500. The molecule has 296 valence electrons. The summed E-state index contributed by atoms with van der Waals surface area (Å²) < 4.78 is 23.7. The maximum absolute atomic E-state index is 15.2. The van der Waals surface area contributed by atoms with Crippen LogP contribution in [0.4, 0.5) is 9.59 Å². The first-order valence-corrected chi connectivity index (χ1v) is 19.9. The van der Waals surface area contributed by atoms with Crippen LogP contribution in [0.1, 0.15) is 84.4 Å². The number of hydrogen-bond acceptors (Lipinski definition) is 8. The molecule has 2 atom stereocenters. The summed E-state index contributed by atoms with van der Waals surface area (Å²) in [6.45, 7) is 11.4. The lowest BCUT2D eigenvalue weighted by atomic mass is 9.84. The van der Waals surface area contributed by atoms with Crippen LogP contribution in [0.2, 0.25) is 20.1 Å². The number of nitrogens with zero attached hydrogens (tertiary/aromatic N) is 4. The highest BCUT2D eigenvalue weighted by Crippen LogP contribution is 2.42. The lowest BCUT2D eigenvalue weighted by Gasteiger charge is -2.50. The predicted molar refractivity (Wildman–Crippen MR) is 212 cm³/mol. The highest BCUT2D eigenvalue weighted by Gasteiger charge is 2.51. The number of benzene rings is 2. The zero-order valence-electron chi connectivity index (χ0n) is 31.8. The van der Waals surface area contributed by atoms with Gasteiger partial charge in [-0.1, -0.05) is 64.6 Å². The summed E-state index contributed by atoms with van der Waals surface area (Å²) in [5.74, 6) is 0.374. The Morgan fingerprint density at radius 3 is 2.18 bits per heavy atom. The van der Waals surface area contributed by atoms with Crippen LogP contribution in [-0.2, 0) is 27.2 Å². The standard InChI is InChI=1S/C40H46Cl4N4O7/c1-39(2,3)54-37(50)46-20-26-18-27(35-45-24(22-53-35)11-9-17-52-34-29(42)13-8-14-30(34)43)32(31(21-46)48(26)38(51)55-40(4,5)6)36(49)47(25-15-16-25)19-23-10-7-12-28(41)33(23)44/h7-8,10,12-14,22,25-26,31H,9,11,15-21H2,1-6H3/t26?,31-/m1/s1. The summed E-state index contributed by atoms with van der Waals surface area (Å²) in [7, 11) is 0. The number of amides is 3. The van der Waals surface area contributed by atoms with Gasteiger partial charge in [0.15, 0.2) is 5.75 Å². The van der Waals surface area contributed by atoms with E-state index < -0.39 is 35.5 Å². The van der Waals surface area contributed by atoms with Crippen LogP contribution in [0, 0.1) is 0 Å². The molecule has 3 heterocycles. The third-order valence-corrected chi connectivity index (χ3v) is 10.8. The van der Waals surface area contributed by atoms with Crippen molar-refractivity contribution < 1.29 is 33.0 Å². The molecule has 2 fully saturated rings. The van der Waals surface area contributed by atoms with Gasteiger partial charge in [0.05, 0.1) is 50.0 Å². The molecule has 0 radical (unpaired) electrons. The van der Waals surface area contributed by atoms with Gasteiger partial charge in [0.2, 0.25) is 5.89 Å². The Labute approximate surface area is 341 Å². The minimum Gasteiger partial charge on any atom is -0.490 e. The number of oxazole rings is 1. The van der Waals surface area contributed by atoms with Crippen molar-refractivity contribution in [3.63, 3.8) is 0 Å². The molecular formula is C40H46Cl4N4O7. The molecule has 6 rings (SSSR count). The first-order valence-electron chi connectivity index (χ1n) is 18.4. The fourth-order valence-corrected chi connectivity index (χ4v) is 7.71. The molecule has 3 aliphatic rings. The van der Waals surface area contributed by atoms with Crippen molar-refractivity contribution in [2.45, 2.75) is 110 Å². The number of para-hydroxylation sites is 1. The second-order valence-corrected chi connectivity index (χ2v) is 17.7. The molecule has 2 aromatic carbocycles. The smallest absolute Gasteiger partial charge is 0.411 e. The van der Waals surface area contributed by atoms with Gasteiger partial charge >= 0.3 is 12.2 Å². The number of ether oxygens (including phenoxy) is 3. The van der Waals surface area contributed by atoms with Gasteiger partial charge in [0.25, 0.3) is 5.91 Å². The summed E-state index contributed by atoms with van der Waals surface area (Å²) in [6, 6.07) is 8.95. The molecule has 11 nitrogen and oxygen atoms in total. The SMILES string of the molecule is CC(C)(C)OC(=O)N1CC2CC(c3nc(CCCOc4c(Cl)cccc4Cl)co3)=C(C(=O)N(Cc3cccc(Cl)c3Cl)C3CC3)[C@@H](C1)N2C(=O)OC(C)(C)C. The molecule has 0 N–H and O–H groups in total. The van der Waals surface area contributed by atoms with Crippen LogP contribution in [0.5, 0.6) is 5.75 Å². The number of rotatable bonds is 10. The summed E-state index contributed by atoms with van der Waals surface area (Å²) >= 11 is 25.6. The van der Waals surface area contributed by atoms with Crippen molar-refractivity contribution >= 4 is 70.1 Å². The van der Waals surface area contributed by atoms with E-state index in [1.807, 2.05) is 6.07 Å². The maximum Gasteiger partial charge on any atom is 0.411 e.